The minimum atomic E-state index is -0.376. The number of carbonyl (C=O) groups is 1. The number of aromatic nitrogens is 2. The fraction of sp³-hybridized carbons (Fsp3) is 0.318. The number of hydrogen-bond acceptors (Lipinski definition) is 4. The van der Waals surface area contributed by atoms with Crippen molar-refractivity contribution in [3.8, 4) is 11.4 Å². The Labute approximate surface area is 168 Å². The summed E-state index contributed by atoms with van der Waals surface area (Å²) in [6, 6.07) is 16.1. The van der Waals surface area contributed by atoms with Crippen molar-refractivity contribution < 1.29 is 13.7 Å². The Morgan fingerprint density at radius 3 is 2.79 bits per heavy atom. The Hall–Kier alpha value is -3.22. The predicted molar refractivity (Wildman–Crippen MR) is 106 cm³/mol. The lowest BCUT2D eigenvalue weighted by molar-refractivity contribution is 0.161. The summed E-state index contributed by atoms with van der Waals surface area (Å²) in [6.07, 6.45) is 2.49. The quantitative estimate of drug-likeness (QED) is 0.709. The topological polar surface area (TPSA) is 71.3 Å². The molecule has 3 aromatic rings. The van der Waals surface area contributed by atoms with Crippen LogP contribution in [0.15, 0.2) is 59.1 Å². The Balaban J connectivity index is 1.33. The zero-order valence-corrected chi connectivity index (χ0v) is 16.1. The summed E-state index contributed by atoms with van der Waals surface area (Å²) >= 11 is 0. The van der Waals surface area contributed by atoms with E-state index in [4.69, 9.17) is 4.52 Å². The highest BCUT2D eigenvalue weighted by molar-refractivity contribution is 5.74. The highest BCUT2D eigenvalue weighted by Gasteiger charge is 2.25. The third kappa shape index (κ3) is 4.80. The van der Waals surface area contributed by atoms with E-state index >= 15 is 0 Å². The van der Waals surface area contributed by atoms with Gasteiger partial charge in [-0.1, -0.05) is 47.6 Å². The number of piperidine rings is 1. The second-order valence-corrected chi connectivity index (χ2v) is 7.29. The van der Waals surface area contributed by atoms with E-state index in [0.29, 0.717) is 31.0 Å². The van der Waals surface area contributed by atoms with Crippen LogP contribution in [0.2, 0.25) is 0 Å². The molecule has 1 aromatic heterocycles. The average molecular weight is 394 g/mol. The van der Waals surface area contributed by atoms with Gasteiger partial charge in [0.05, 0.1) is 5.56 Å². The maximum Gasteiger partial charge on any atom is 0.317 e. The summed E-state index contributed by atoms with van der Waals surface area (Å²) in [4.78, 5) is 18.7. The number of likely N-dealkylation sites (tertiary alicyclic amines) is 1. The molecule has 1 unspecified atom stereocenters. The van der Waals surface area contributed by atoms with Crippen molar-refractivity contribution in [2.75, 3.05) is 13.1 Å². The summed E-state index contributed by atoms with van der Waals surface area (Å²) in [5.41, 5.74) is 1.40. The van der Waals surface area contributed by atoms with Crippen LogP contribution in [0.1, 0.15) is 24.3 Å². The van der Waals surface area contributed by atoms with Crippen LogP contribution in [-0.4, -0.2) is 34.2 Å². The molecule has 0 aliphatic carbocycles. The second kappa shape index (κ2) is 8.86. The Morgan fingerprint density at radius 2 is 1.97 bits per heavy atom. The average Bonchev–Trinajstić information content (AvgIpc) is 3.21. The van der Waals surface area contributed by atoms with E-state index in [1.165, 1.54) is 6.07 Å². The molecule has 1 N–H and O–H groups in total. The van der Waals surface area contributed by atoms with E-state index in [0.717, 1.165) is 24.9 Å². The van der Waals surface area contributed by atoms with E-state index in [1.807, 2.05) is 35.2 Å². The molecular weight excluding hydrogens is 371 g/mol. The van der Waals surface area contributed by atoms with E-state index in [-0.39, 0.29) is 23.6 Å². The van der Waals surface area contributed by atoms with E-state index < -0.39 is 0 Å². The van der Waals surface area contributed by atoms with Gasteiger partial charge < -0.3 is 14.7 Å². The summed E-state index contributed by atoms with van der Waals surface area (Å²) in [6.45, 7) is 1.88. The number of nitrogens with one attached hydrogen (secondary N) is 1. The zero-order valence-electron chi connectivity index (χ0n) is 16.1. The van der Waals surface area contributed by atoms with Crippen LogP contribution in [0.4, 0.5) is 9.18 Å². The van der Waals surface area contributed by atoms with Gasteiger partial charge >= 0.3 is 6.03 Å². The minimum absolute atomic E-state index is 0.0591. The molecule has 6 nitrogen and oxygen atoms in total. The fourth-order valence-electron chi connectivity index (χ4n) is 3.64. The van der Waals surface area contributed by atoms with Crippen molar-refractivity contribution in [3.05, 3.63) is 71.9 Å². The number of nitrogens with zero attached hydrogens (tertiary/aromatic N) is 3. The van der Waals surface area contributed by atoms with Crippen molar-refractivity contribution in [2.45, 2.75) is 25.8 Å². The van der Waals surface area contributed by atoms with Gasteiger partial charge in [0.1, 0.15) is 5.82 Å². The first-order valence-electron chi connectivity index (χ1n) is 9.83. The van der Waals surface area contributed by atoms with Crippen LogP contribution in [0.5, 0.6) is 0 Å². The van der Waals surface area contributed by atoms with Crippen molar-refractivity contribution in [1.82, 2.24) is 20.4 Å². The zero-order chi connectivity index (χ0) is 20.1. The summed E-state index contributed by atoms with van der Waals surface area (Å²) in [5, 5.41) is 6.89. The molecule has 2 amide bonds. The van der Waals surface area contributed by atoms with Gasteiger partial charge in [0.25, 0.3) is 0 Å². The van der Waals surface area contributed by atoms with Crippen LogP contribution >= 0.6 is 0 Å². The molecule has 7 heteroatoms. The molecule has 1 aliphatic heterocycles. The Bertz CT molecular complexity index is 960. The van der Waals surface area contributed by atoms with Gasteiger partial charge in [-0.05, 0) is 36.5 Å². The van der Waals surface area contributed by atoms with E-state index in [2.05, 4.69) is 15.5 Å². The summed E-state index contributed by atoms with van der Waals surface area (Å²) in [7, 11) is 0. The van der Waals surface area contributed by atoms with Crippen LogP contribution in [0, 0.1) is 11.7 Å². The van der Waals surface area contributed by atoms with Gasteiger partial charge in [-0.15, -0.1) is 0 Å². The maximum absolute atomic E-state index is 13.9. The molecule has 0 saturated carbocycles. The molecule has 0 spiro atoms. The lowest BCUT2D eigenvalue weighted by Crippen LogP contribution is -2.45. The van der Waals surface area contributed by atoms with E-state index in [1.54, 1.807) is 18.2 Å². The number of hydrogen-bond donors (Lipinski definition) is 1. The SMILES string of the molecule is O=C(NCc1ccccc1)N1CCCC(Cc2nc(-c3ccccc3F)no2)C1. The van der Waals surface area contributed by atoms with Crippen LogP contribution in [0.25, 0.3) is 11.4 Å². The standard InChI is InChI=1S/C22H23FN4O2/c23-19-11-5-4-10-18(19)21-25-20(29-26-21)13-17-9-6-12-27(15-17)22(28)24-14-16-7-2-1-3-8-16/h1-5,7-8,10-11,17H,6,9,12-15H2,(H,24,28). The summed E-state index contributed by atoms with van der Waals surface area (Å²) < 4.78 is 19.2. The largest absolute Gasteiger partial charge is 0.339 e. The molecule has 2 aromatic carbocycles. The lowest BCUT2D eigenvalue weighted by atomic mass is 9.95. The minimum Gasteiger partial charge on any atom is -0.339 e. The third-order valence-corrected chi connectivity index (χ3v) is 5.14. The van der Waals surface area contributed by atoms with Crippen molar-refractivity contribution in [1.29, 1.82) is 0 Å². The van der Waals surface area contributed by atoms with Gasteiger partial charge in [-0.2, -0.15) is 4.98 Å². The third-order valence-electron chi connectivity index (χ3n) is 5.14. The molecule has 0 bridgehead atoms. The van der Waals surface area contributed by atoms with Crippen molar-refractivity contribution in [2.24, 2.45) is 5.92 Å². The summed E-state index contributed by atoms with van der Waals surface area (Å²) in [5.74, 6) is 0.588. The van der Waals surface area contributed by atoms with Crippen molar-refractivity contribution >= 4 is 6.03 Å². The smallest absolute Gasteiger partial charge is 0.317 e. The van der Waals surface area contributed by atoms with Crippen LogP contribution in [0.3, 0.4) is 0 Å². The fourth-order valence-corrected chi connectivity index (χ4v) is 3.64. The van der Waals surface area contributed by atoms with Crippen LogP contribution < -0.4 is 5.32 Å². The molecule has 2 heterocycles. The maximum atomic E-state index is 13.9. The number of halogens is 1. The molecule has 150 valence electrons. The second-order valence-electron chi connectivity index (χ2n) is 7.29. The van der Waals surface area contributed by atoms with Crippen molar-refractivity contribution in [3.63, 3.8) is 0 Å². The van der Waals surface area contributed by atoms with Crippen LogP contribution in [-0.2, 0) is 13.0 Å². The first kappa shape index (κ1) is 19.1. The molecule has 1 fully saturated rings. The highest BCUT2D eigenvalue weighted by atomic mass is 19.1. The predicted octanol–water partition coefficient (Wildman–Crippen LogP) is 4.04. The monoisotopic (exact) mass is 394 g/mol. The number of carbonyl (C=O) groups excluding carboxylic acids is 1. The molecule has 0 radical (unpaired) electrons. The van der Waals surface area contributed by atoms with Gasteiger partial charge in [-0.25, -0.2) is 9.18 Å². The Kier molecular flexibility index (Phi) is 5.84. The normalized spacial score (nSPS) is 16.6. The number of rotatable bonds is 5. The first-order valence-corrected chi connectivity index (χ1v) is 9.83. The molecule has 4 rings (SSSR count). The van der Waals surface area contributed by atoms with E-state index in [9.17, 15) is 9.18 Å². The van der Waals surface area contributed by atoms with Gasteiger partial charge in [0, 0.05) is 26.1 Å². The van der Waals surface area contributed by atoms with Gasteiger partial charge in [0.2, 0.25) is 11.7 Å². The first-order chi connectivity index (χ1) is 14.2. The molecule has 29 heavy (non-hydrogen) atoms. The number of urea groups is 1. The highest BCUT2D eigenvalue weighted by Crippen LogP contribution is 2.23. The Morgan fingerprint density at radius 1 is 1.17 bits per heavy atom. The molecule has 1 atom stereocenters. The number of benzene rings is 2. The molecule has 1 aliphatic rings. The molecule has 1 saturated heterocycles. The van der Waals surface area contributed by atoms with Gasteiger partial charge in [-0.3, -0.25) is 0 Å². The van der Waals surface area contributed by atoms with Gasteiger partial charge in [0.15, 0.2) is 0 Å². The molecular formula is C22H23FN4O2. The lowest BCUT2D eigenvalue weighted by Gasteiger charge is -2.32. The number of amides is 2.